The lowest BCUT2D eigenvalue weighted by molar-refractivity contribution is 1.07. The zero-order chi connectivity index (χ0) is 49.8. The third kappa shape index (κ3) is 6.66. The van der Waals surface area contributed by atoms with Gasteiger partial charge in [-0.25, -0.2) is 15.0 Å². The van der Waals surface area contributed by atoms with E-state index in [2.05, 4.69) is 221 Å². The average Bonchev–Trinajstić information content (AvgIpc) is 4.26. The number of rotatable bonds is 7. The topological polar surface area (TPSA) is 48.5 Å². The molecule has 76 heavy (non-hydrogen) atoms. The van der Waals surface area contributed by atoms with Crippen LogP contribution in [-0.4, -0.2) is 24.1 Å². The summed E-state index contributed by atoms with van der Waals surface area (Å²) in [5.41, 5.74) is 14.3. The Hall–Kier alpha value is -9.53. The van der Waals surface area contributed by atoms with E-state index in [1.807, 2.05) is 59.1 Å². The van der Waals surface area contributed by atoms with Gasteiger partial charge in [-0.3, -0.25) is 0 Å². The number of hydrogen-bond acceptors (Lipinski definition) is 5. The highest BCUT2D eigenvalue weighted by molar-refractivity contribution is 7.26. The highest BCUT2D eigenvalue weighted by Gasteiger charge is 2.23. The van der Waals surface area contributed by atoms with Gasteiger partial charge in [-0.2, -0.15) is 0 Å². The molecule has 5 nitrogen and oxygen atoms in total. The van der Waals surface area contributed by atoms with Crippen molar-refractivity contribution in [3.63, 3.8) is 0 Å². The van der Waals surface area contributed by atoms with Crippen molar-refractivity contribution >= 4 is 107 Å². The first-order valence-electron chi connectivity index (χ1n) is 25.6. The lowest BCUT2D eigenvalue weighted by atomic mass is 9.90. The van der Waals surface area contributed by atoms with E-state index < -0.39 is 0 Å². The molecule has 16 aromatic rings. The maximum atomic E-state index is 5.43. The molecule has 11 aromatic carbocycles. The molecule has 0 spiro atoms. The number of nitrogens with zero attached hydrogens (tertiary/aromatic N) is 5. The molecule has 0 atom stereocenters. The number of hydrogen-bond donors (Lipinski definition) is 0. The van der Waals surface area contributed by atoms with E-state index in [0.717, 1.165) is 50.3 Å². The summed E-state index contributed by atoms with van der Waals surface area (Å²) < 4.78 is 9.81. The van der Waals surface area contributed by atoms with Crippen molar-refractivity contribution in [3.8, 4) is 67.8 Å². The van der Waals surface area contributed by atoms with Crippen molar-refractivity contribution in [3.05, 3.63) is 249 Å². The van der Waals surface area contributed by atoms with Gasteiger partial charge in [0.05, 0.1) is 22.1 Å². The van der Waals surface area contributed by atoms with Crippen LogP contribution in [0.3, 0.4) is 0 Å². The molecule has 0 bridgehead atoms. The van der Waals surface area contributed by atoms with Crippen molar-refractivity contribution in [1.29, 1.82) is 0 Å². The lowest BCUT2D eigenvalue weighted by Gasteiger charge is -2.16. The van der Waals surface area contributed by atoms with E-state index in [0.29, 0.717) is 17.5 Å². The first kappa shape index (κ1) is 42.9. The van der Waals surface area contributed by atoms with Crippen molar-refractivity contribution in [2.45, 2.75) is 0 Å². The maximum Gasteiger partial charge on any atom is 0.164 e. The molecular weight excluding hydrogens is 963 g/mol. The van der Waals surface area contributed by atoms with Gasteiger partial charge in [-0.15, -0.1) is 22.7 Å². The minimum absolute atomic E-state index is 0.615. The Labute approximate surface area is 444 Å². The van der Waals surface area contributed by atoms with Crippen LogP contribution in [0.1, 0.15) is 0 Å². The molecule has 0 aliphatic carbocycles. The quantitative estimate of drug-likeness (QED) is 0.160. The second kappa shape index (κ2) is 17.0. The summed E-state index contributed by atoms with van der Waals surface area (Å²) in [5, 5.41) is 9.90. The third-order valence-corrected chi connectivity index (χ3v) is 17.4. The highest BCUT2D eigenvalue weighted by atomic mass is 32.1. The van der Waals surface area contributed by atoms with Gasteiger partial charge in [0.1, 0.15) is 0 Å². The second-order valence-electron chi connectivity index (χ2n) is 19.5. The fourth-order valence-corrected chi connectivity index (χ4v) is 14.1. The summed E-state index contributed by atoms with van der Waals surface area (Å²) in [6.07, 6.45) is 0. The lowest BCUT2D eigenvalue weighted by Crippen LogP contribution is -2.01. The average molecular weight is 1000 g/mol. The van der Waals surface area contributed by atoms with Crippen molar-refractivity contribution in [2.75, 3.05) is 0 Å². The fourth-order valence-electron chi connectivity index (χ4n) is 11.8. The van der Waals surface area contributed by atoms with Crippen molar-refractivity contribution < 1.29 is 0 Å². The van der Waals surface area contributed by atoms with Gasteiger partial charge in [0, 0.05) is 90.0 Å². The molecule has 0 aliphatic rings. The highest BCUT2D eigenvalue weighted by Crippen LogP contribution is 2.49. The van der Waals surface area contributed by atoms with Crippen LogP contribution in [0.15, 0.2) is 249 Å². The van der Waals surface area contributed by atoms with Crippen LogP contribution in [-0.2, 0) is 0 Å². The Morgan fingerprint density at radius 3 is 1.22 bits per heavy atom. The molecule has 5 aromatic heterocycles. The Kier molecular flexibility index (Phi) is 9.61. The number of benzene rings is 11. The predicted octanol–water partition coefficient (Wildman–Crippen LogP) is 19.1. The molecule has 0 radical (unpaired) electrons. The van der Waals surface area contributed by atoms with Gasteiger partial charge >= 0.3 is 0 Å². The maximum absolute atomic E-state index is 5.43. The molecule has 7 heteroatoms. The minimum Gasteiger partial charge on any atom is -0.309 e. The van der Waals surface area contributed by atoms with Gasteiger partial charge < -0.3 is 9.13 Å². The van der Waals surface area contributed by atoms with Crippen LogP contribution in [0, 0.1) is 0 Å². The predicted molar refractivity (Wildman–Crippen MR) is 321 cm³/mol. The van der Waals surface area contributed by atoms with Crippen LogP contribution in [0.2, 0.25) is 0 Å². The Morgan fingerprint density at radius 2 is 0.697 bits per heavy atom. The summed E-state index contributed by atoms with van der Waals surface area (Å²) >= 11 is 3.71. The zero-order valence-corrected chi connectivity index (χ0v) is 42.4. The molecule has 0 aliphatic heterocycles. The van der Waals surface area contributed by atoms with Crippen LogP contribution in [0.25, 0.3) is 152 Å². The second-order valence-corrected chi connectivity index (χ2v) is 21.6. The Balaban J connectivity index is 0.973. The molecule has 16 rings (SSSR count). The van der Waals surface area contributed by atoms with Crippen LogP contribution in [0.4, 0.5) is 0 Å². The summed E-state index contributed by atoms with van der Waals surface area (Å²) in [4.78, 5) is 16.0. The molecule has 0 amide bonds. The zero-order valence-electron chi connectivity index (χ0n) is 40.7. The van der Waals surface area contributed by atoms with Crippen molar-refractivity contribution in [2.24, 2.45) is 0 Å². The SMILES string of the molecule is c1ccc(-c2nc(-c3ccccc3)nc(-c3cc(-c4cccc5sc6cc7c8ccccc8n(-c8ccccc8)c7cc6c45)ccc3-c3cccc4sc5cc6c7ccccc7n(-c7ccccc7)c6cc5c34)n2)cc1. The van der Waals surface area contributed by atoms with Gasteiger partial charge in [0.15, 0.2) is 17.5 Å². The normalized spacial score (nSPS) is 11.9. The molecule has 0 fully saturated rings. The number of aromatic nitrogens is 5. The fraction of sp³-hybridized carbons (Fsp3) is 0. The van der Waals surface area contributed by atoms with Crippen LogP contribution in [0.5, 0.6) is 0 Å². The Morgan fingerprint density at radius 1 is 0.250 bits per heavy atom. The largest absolute Gasteiger partial charge is 0.309 e. The molecule has 0 N–H and O–H groups in total. The van der Waals surface area contributed by atoms with Gasteiger partial charge in [-0.1, -0.05) is 170 Å². The molecule has 5 heterocycles. The minimum atomic E-state index is 0.615. The van der Waals surface area contributed by atoms with E-state index >= 15 is 0 Å². The Bertz CT molecular complexity index is 4920. The summed E-state index contributed by atoms with van der Waals surface area (Å²) in [6.45, 7) is 0. The van der Waals surface area contributed by atoms with Crippen LogP contribution < -0.4 is 0 Å². The summed E-state index contributed by atoms with van der Waals surface area (Å²) in [5.74, 6) is 1.86. The van der Waals surface area contributed by atoms with E-state index in [9.17, 15) is 0 Å². The summed E-state index contributed by atoms with van der Waals surface area (Å²) in [7, 11) is 0. The first-order chi connectivity index (χ1) is 37.7. The van der Waals surface area contributed by atoms with E-state index in [-0.39, 0.29) is 0 Å². The van der Waals surface area contributed by atoms with E-state index in [4.69, 9.17) is 15.0 Å². The number of thiophene rings is 2. The van der Waals surface area contributed by atoms with Gasteiger partial charge in [-0.05, 0) is 101 Å². The first-order valence-corrected chi connectivity index (χ1v) is 27.2. The van der Waals surface area contributed by atoms with Crippen LogP contribution >= 0.6 is 22.7 Å². The molecular formula is C69H41N5S2. The third-order valence-electron chi connectivity index (χ3n) is 15.2. The smallest absolute Gasteiger partial charge is 0.164 e. The monoisotopic (exact) mass is 1000 g/mol. The molecule has 354 valence electrons. The summed E-state index contributed by atoms with van der Waals surface area (Å²) in [6, 6.07) is 89.7. The van der Waals surface area contributed by atoms with Gasteiger partial charge in [0.2, 0.25) is 0 Å². The van der Waals surface area contributed by atoms with E-state index in [1.165, 1.54) is 84.0 Å². The van der Waals surface area contributed by atoms with E-state index in [1.54, 1.807) is 0 Å². The number of fused-ring (bicyclic) bond motifs is 12. The molecule has 0 saturated carbocycles. The van der Waals surface area contributed by atoms with Crippen molar-refractivity contribution in [1.82, 2.24) is 24.1 Å². The standard InChI is InChI=1S/C69H41N5S2/c1-5-19-42(20-6-1)67-70-68(43-21-7-2-8-22-43)72-69(71-67)54-37-44(47-29-17-33-61-65(47)55-38-59-52(40-63(55)75-61)49-27-13-15-31-57(49)73(59)45-23-9-3-10-24-45)35-36-48(54)51-30-18-34-62-66(51)56-39-60-53(41-64(56)76-62)50-28-14-16-32-58(50)74(60)46-25-11-4-12-26-46/h1-41H. The number of para-hydroxylation sites is 4. The molecule has 0 saturated heterocycles. The molecule has 0 unspecified atom stereocenters. The van der Waals surface area contributed by atoms with Gasteiger partial charge in [0.25, 0.3) is 0 Å².